The molecule has 1 aromatic rings. The average Bonchev–Trinajstić information content (AvgIpc) is 2.96. The SMILES string of the molecule is COC1C(C(F)(F)F)C(=O)[C@H](COc2ccc(C)c(C)c2)[C@H]1CC#CCOCC(=O)O. The molecule has 1 aliphatic rings. The number of rotatable bonds is 8. The fraction of sp³-hybridized carbons (Fsp3) is 0.545. The zero-order valence-corrected chi connectivity index (χ0v) is 17.5. The second kappa shape index (κ2) is 10.6. The summed E-state index contributed by atoms with van der Waals surface area (Å²) in [6, 6.07) is 5.29. The summed E-state index contributed by atoms with van der Waals surface area (Å²) in [6.07, 6.45) is -6.17. The number of benzene rings is 1. The highest BCUT2D eigenvalue weighted by Crippen LogP contribution is 2.45. The lowest BCUT2D eigenvalue weighted by molar-refractivity contribution is -0.199. The lowest BCUT2D eigenvalue weighted by Crippen LogP contribution is -2.37. The van der Waals surface area contributed by atoms with Crippen LogP contribution in [0.15, 0.2) is 18.2 Å². The first-order valence-corrected chi connectivity index (χ1v) is 9.64. The van der Waals surface area contributed by atoms with Gasteiger partial charge in [-0.15, -0.1) is 5.92 Å². The fourth-order valence-corrected chi connectivity index (χ4v) is 3.62. The Labute approximate surface area is 178 Å². The second-order valence-electron chi connectivity index (χ2n) is 7.39. The molecule has 1 fully saturated rings. The number of methoxy groups -OCH3 is 1. The van der Waals surface area contributed by atoms with Crippen LogP contribution in [0.3, 0.4) is 0 Å². The van der Waals surface area contributed by atoms with Crippen LogP contribution in [-0.2, 0) is 19.1 Å². The number of hydrogen-bond donors (Lipinski definition) is 1. The number of Topliss-reactive ketones (excluding diaryl/α,β-unsaturated/α-hetero) is 1. The summed E-state index contributed by atoms with van der Waals surface area (Å²) in [7, 11) is 1.14. The molecule has 2 rings (SSSR count). The van der Waals surface area contributed by atoms with Gasteiger partial charge in [-0.1, -0.05) is 12.0 Å². The molecule has 1 saturated carbocycles. The molecule has 9 heteroatoms. The van der Waals surface area contributed by atoms with Crippen LogP contribution in [0, 0.1) is 43.4 Å². The van der Waals surface area contributed by atoms with E-state index in [2.05, 4.69) is 11.8 Å². The summed E-state index contributed by atoms with van der Waals surface area (Å²) in [5.41, 5.74) is 2.00. The molecule has 1 N–H and O–H groups in total. The van der Waals surface area contributed by atoms with Gasteiger partial charge in [0, 0.05) is 19.4 Å². The van der Waals surface area contributed by atoms with Crippen LogP contribution in [0.1, 0.15) is 17.5 Å². The van der Waals surface area contributed by atoms with Gasteiger partial charge >= 0.3 is 12.1 Å². The summed E-state index contributed by atoms with van der Waals surface area (Å²) in [6.45, 7) is 2.87. The molecule has 2 unspecified atom stereocenters. The van der Waals surface area contributed by atoms with Gasteiger partial charge in [0.2, 0.25) is 0 Å². The van der Waals surface area contributed by atoms with Crippen molar-refractivity contribution in [1.29, 1.82) is 0 Å². The Morgan fingerprint density at radius 3 is 2.48 bits per heavy atom. The molecule has 6 nitrogen and oxygen atoms in total. The van der Waals surface area contributed by atoms with E-state index in [-0.39, 0.29) is 19.6 Å². The van der Waals surface area contributed by atoms with Gasteiger partial charge < -0.3 is 19.3 Å². The van der Waals surface area contributed by atoms with Gasteiger partial charge in [0.25, 0.3) is 0 Å². The molecule has 4 atom stereocenters. The van der Waals surface area contributed by atoms with Crippen molar-refractivity contribution in [2.24, 2.45) is 17.8 Å². The number of alkyl halides is 3. The van der Waals surface area contributed by atoms with E-state index in [1.165, 1.54) is 0 Å². The van der Waals surface area contributed by atoms with E-state index >= 15 is 0 Å². The third kappa shape index (κ3) is 6.45. The van der Waals surface area contributed by atoms with Crippen LogP contribution in [0.4, 0.5) is 13.2 Å². The number of aryl methyl sites for hydroxylation is 2. The van der Waals surface area contributed by atoms with Gasteiger partial charge in [-0.25, -0.2) is 4.79 Å². The maximum Gasteiger partial charge on any atom is 0.401 e. The van der Waals surface area contributed by atoms with E-state index in [1.807, 2.05) is 19.9 Å². The van der Waals surface area contributed by atoms with Gasteiger partial charge in [-0.3, -0.25) is 4.79 Å². The molecule has 0 bridgehead atoms. The van der Waals surface area contributed by atoms with Crippen LogP contribution in [0.2, 0.25) is 0 Å². The first-order valence-electron chi connectivity index (χ1n) is 9.64. The van der Waals surface area contributed by atoms with Crippen molar-refractivity contribution in [2.45, 2.75) is 32.5 Å². The summed E-state index contributed by atoms with van der Waals surface area (Å²) in [5, 5.41) is 8.52. The van der Waals surface area contributed by atoms with E-state index < -0.39 is 48.4 Å². The lowest BCUT2D eigenvalue weighted by atomic mass is 9.91. The number of ketones is 1. The molecule has 170 valence electrons. The summed E-state index contributed by atoms with van der Waals surface area (Å²) < 4.78 is 56.2. The molecule has 0 saturated heterocycles. The van der Waals surface area contributed by atoms with Crippen LogP contribution in [-0.4, -0.2) is 56.1 Å². The smallest absolute Gasteiger partial charge is 0.401 e. The van der Waals surface area contributed by atoms with Crippen molar-refractivity contribution in [3.8, 4) is 17.6 Å². The number of carboxylic acid groups (broad SMARTS) is 1. The largest absolute Gasteiger partial charge is 0.493 e. The molecule has 0 amide bonds. The topological polar surface area (TPSA) is 82.1 Å². The zero-order valence-electron chi connectivity index (χ0n) is 17.5. The third-order valence-corrected chi connectivity index (χ3v) is 5.33. The van der Waals surface area contributed by atoms with Crippen molar-refractivity contribution >= 4 is 11.8 Å². The maximum absolute atomic E-state index is 13.6. The molecule has 31 heavy (non-hydrogen) atoms. The fourth-order valence-electron chi connectivity index (χ4n) is 3.62. The summed E-state index contributed by atoms with van der Waals surface area (Å²) in [4.78, 5) is 23.1. The van der Waals surface area contributed by atoms with Crippen molar-refractivity contribution < 1.29 is 42.1 Å². The highest BCUT2D eigenvalue weighted by atomic mass is 19.4. The molecule has 0 aliphatic heterocycles. The Bertz CT molecular complexity index is 855. The van der Waals surface area contributed by atoms with Crippen LogP contribution in [0.5, 0.6) is 5.75 Å². The number of aliphatic carboxylic acids is 1. The predicted molar refractivity (Wildman–Crippen MR) is 105 cm³/mol. The predicted octanol–water partition coefficient (Wildman–Crippen LogP) is 3.19. The first-order chi connectivity index (χ1) is 14.6. The Morgan fingerprint density at radius 2 is 1.90 bits per heavy atom. The quantitative estimate of drug-likeness (QED) is 0.492. The van der Waals surface area contributed by atoms with E-state index in [1.54, 1.807) is 12.1 Å². The van der Waals surface area contributed by atoms with Crippen LogP contribution >= 0.6 is 0 Å². The minimum atomic E-state index is -4.75. The number of carbonyl (C=O) groups excluding carboxylic acids is 1. The standard InChI is InChI=1S/C22H25F3O6/c1-13-7-8-15(10-14(13)2)31-11-17-16(6-4-5-9-30-12-18(26)27)21(29-3)19(20(17)28)22(23,24)25/h7-8,10,16-17,19,21H,6,9,11-12H2,1-3H3,(H,26,27)/t16-,17-,19?,21?/m1/s1. The highest BCUT2D eigenvalue weighted by Gasteiger charge is 2.61. The number of ether oxygens (including phenoxy) is 3. The van der Waals surface area contributed by atoms with Gasteiger partial charge in [0.05, 0.1) is 18.6 Å². The second-order valence-corrected chi connectivity index (χ2v) is 7.39. The van der Waals surface area contributed by atoms with Crippen molar-refractivity contribution in [3.05, 3.63) is 29.3 Å². The molecule has 0 aromatic heterocycles. The molecule has 0 heterocycles. The Hall–Kier alpha value is -2.57. The van der Waals surface area contributed by atoms with Gasteiger partial charge in [0.1, 0.15) is 24.9 Å². The highest BCUT2D eigenvalue weighted by molar-refractivity contribution is 5.88. The van der Waals surface area contributed by atoms with Gasteiger partial charge in [0.15, 0.2) is 5.78 Å². The molecule has 0 spiro atoms. The van der Waals surface area contributed by atoms with Crippen LogP contribution < -0.4 is 4.74 Å². The van der Waals surface area contributed by atoms with Crippen molar-refractivity contribution in [3.63, 3.8) is 0 Å². The minimum Gasteiger partial charge on any atom is -0.493 e. The number of carboxylic acids is 1. The number of hydrogen-bond acceptors (Lipinski definition) is 5. The third-order valence-electron chi connectivity index (χ3n) is 5.33. The maximum atomic E-state index is 13.6. The number of carbonyl (C=O) groups is 2. The van der Waals surface area contributed by atoms with E-state index in [9.17, 15) is 22.8 Å². The first kappa shape index (κ1) is 24.7. The van der Waals surface area contributed by atoms with Crippen LogP contribution in [0.25, 0.3) is 0 Å². The van der Waals surface area contributed by atoms with E-state index in [0.29, 0.717) is 5.75 Å². The average molecular weight is 442 g/mol. The molecular formula is C22H25F3O6. The minimum absolute atomic E-state index is 0.0474. The van der Waals surface area contributed by atoms with Crippen molar-refractivity contribution in [2.75, 3.05) is 26.9 Å². The zero-order chi connectivity index (χ0) is 23.2. The Kier molecular flexibility index (Phi) is 8.48. The summed E-state index contributed by atoms with van der Waals surface area (Å²) >= 11 is 0. The number of halogens is 3. The normalized spacial score (nSPS) is 23.4. The Morgan fingerprint density at radius 1 is 1.19 bits per heavy atom. The molecular weight excluding hydrogens is 417 g/mol. The molecule has 1 aromatic carbocycles. The van der Waals surface area contributed by atoms with Gasteiger partial charge in [-0.05, 0) is 37.1 Å². The van der Waals surface area contributed by atoms with Crippen molar-refractivity contribution in [1.82, 2.24) is 0 Å². The lowest BCUT2D eigenvalue weighted by Gasteiger charge is -2.24. The van der Waals surface area contributed by atoms with E-state index in [0.717, 1.165) is 18.2 Å². The molecule has 1 aliphatic carbocycles. The monoisotopic (exact) mass is 442 g/mol. The van der Waals surface area contributed by atoms with E-state index in [4.69, 9.17) is 19.3 Å². The molecule has 0 radical (unpaired) electrons. The Balaban J connectivity index is 2.17. The van der Waals surface area contributed by atoms with Gasteiger partial charge in [-0.2, -0.15) is 13.2 Å². The summed E-state index contributed by atoms with van der Waals surface area (Å²) in [5.74, 6) is -0.548.